The molecule has 0 aliphatic heterocycles. The Morgan fingerprint density at radius 1 is 0.958 bits per heavy atom. The Kier molecular flexibility index (Phi) is 3.92. The summed E-state index contributed by atoms with van der Waals surface area (Å²) in [6.45, 7) is 6.86. The maximum absolute atomic E-state index is 10.4. The van der Waals surface area contributed by atoms with E-state index in [9.17, 15) is 10.2 Å². The first-order valence-electron chi connectivity index (χ1n) is 10.4. The van der Waals surface area contributed by atoms with Gasteiger partial charge in [0.15, 0.2) is 0 Å². The van der Waals surface area contributed by atoms with Crippen molar-refractivity contribution in [2.45, 2.75) is 96.3 Å². The Balaban J connectivity index is 1.66. The van der Waals surface area contributed by atoms with Crippen LogP contribution < -0.4 is 5.73 Å². The second-order valence-electron chi connectivity index (χ2n) is 10.3. The van der Waals surface area contributed by atoms with Gasteiger partial charge in [-0.1, -0.05) is 13.8 Å². The lowest BCUT2D eigenvalue weighted by Crippen LogP contribution is -2.66. The van der Waals surface area contributed by atoms with Crippen molar-refractivity contribution < 1.29 is 10.2 Å². The number of hydrogen-bond acceptors (Lipinski definition) is 3. The highest BCUT2D eigenvalue weighted by atomic mass is 16.3. The monoisotopic (exact) mass is 335 g/mol. The molecule has 9 atom stereocenters. The van der Waals surface area contributed by atoms with Gasteiger partial charge in [-0.2, -0.15) is 0 Å². The fourth-order valence-corrected chi connectivity index (χ4v) is 8.12. The Morgan fingerprint density at radius 3 is 2.42 bits per heavy atom. The summed E-state index contributed by atoms with van der Waals surface area (Å²) in [6, 6.07) is 0. The highest BCUT2D eigenvalue weighted by Crippen LogP contribution is 2.68. The summed E-state index contributed by atoms with van der Waals surface area (Å²) >= 11 is 0. The van der Waals surface area contributed by atoms with Crippen LogP contribution in [0.2, 0.25) is 0 Å². The summed E-state index contributed by atoms with van der Waals surface area (Å²) in [5, 5.41) is 20.5. The van der Waals surface area contributed by atoms with Crippen molar-refractivity contribution >= 4 is 0 Å². The lowest BCUT2D eigenvalue weighted by molar-refractivity contribution is -0.141. The second kappa shape index (κ2) is 5.44. The van der Waals surface area contributed by atoms with E-state index in [4.69, 9.17) is 5.73 Å². The van der Waals surface area contributed by atoms with Crippen molar-refractivity contribution in [3.05, 3.63) is 0 Å². The van der Waals surface area contributed by atoms with E-state index in [1.807, 2.05) is 6.92 Å². The Hall–Kier alpha value is -0.120. The molecule has 0 aromatic carbocycles. The van der Waals surface area contributed by atoms with Crippen LogP contribution in [0.4, 0.5) is 0 Å². The molecule has 0 spiro atoms. The Bertz CT molecular complexity index is 508. The van der Waals surface area contributed by atoms with Crippen LogP contribution in [0.3, 0.4) is 0 Å². The topological polar surface area (TPSA) is 66.5 Å². The molecule has 0 heterocycles. The van der Waals surface area contributed by atoms with Gasteiger partial charge < -0.3 is 15.9 Å². The van der Waals surface area contributed by atoms with Gasteiger partial charge >= 0.3 is 0 Å². The van der Waals surface area contributed by atoms with Gasteiger partial charge in [-0.05, 0) is 99.2 Å². The van der Waals surface area contributed by atoms with E-state index in [0.29, 0.717) is 23.2 Å². The summed E-state index contributed by atoms with van der Waals surface area (Å²) in [4.78, 5) is 0. The third-order valence-electron chi connectivity index (χ3n) is 9.63. The van der Waals surface area contributed by atoms with Gasteiger partial charge in [0.2, 0.25) is 0 Å². The SMILES string of the molecule is CC(O)[C@H]1CC[C@]2(N)[C@@H]3CC[C@H]4C[C@@H](O)CC[C@]4(C)[C@H]3CC[C@]12C. The van der Waals surface area contributed by atoms with E-state index < -0.39 is 0 Å². The molecule has 3 heteroatoms. The number of nitrogens with two attached hydrogens (primary N) is 1. The average molecular weight is 336 g/mol. The van der Waals surface area contributed by atoms with Crippen molar-refractivity contribution in [2.75, 3.05) is 0 Å². The molecule has 4 rings (SSSR count). The molecular weight excluding hydrogens is 298 g/mol. The molecule has 1 unspecified atom stereocenters. The fraction of sp³-hybridized carbons (Fsp3) is 1.00. The normalized spacial score (nSPS) is 58.5. The number of fused-ring (bicyclic) bond motifs is 5. The number of rotatable bonds is 1. The molecule has 4 fully saturated rings. The van der Waals surface area contributed by atoms with Gasteiger partial charge in [0, 0.05) is 5.54 Å². The van der Waals surface area contributed by atoms with Crippen LogP contribution in [0.15, 0.2) is 0 Å². The maximum Gasteiger partial charge on any atom is 0.0546 e. The van der Waals surface area contributed by atoms with Crippen molar-refractivity contribution in [1.82, 2.24) is 0 Å². The highest BCUT2D eigenvalue weighted by molar-refractivity contribution is 5.19. The van der Waals surface area contributed by atoms with Crippen LogP contribution >= 0.6 is 0 Å². The smallest absolute Gasteiger partial charge is 0.0546 e. The van der Waals surface area contributed by atoms with E-state index in [-0.39, 0.29) is 23.2 Å². The zero-order chi connectivity index (χ0) is 17.3. The first-order valence-corrected chi connectivity index (χ1v) is 10.4. The molecule has 3 nitrogen and oxygen atoms in total. The van der Waals surface area contributed by atoms with Crippen molar-refractivity contribution in [3.8, 4) is 0 Å². The third-order valence-corrected chi connectivity index (χ3v) is 9.63. The van der Waals surface area contributed by atoms with Crippen LogP contribution in [0, 0.1) is 34.5 Å². The predicted octanol–water partition coefficient (Wildman–Crippen LogP) is 3.47. The third kappa shape index (κ3) is 2.07. The van der Waals surface area contributed by atoms with Crippen LogP contribution in [0.1, 0.15) is 78.6 Å². The minimum Gasteiger partial charge on any atom is -0.393 e. The van der Waals surface area contributed by atoms with Gasteiger partial charge in [0.05, 0.1) is 12.2 Å². The molecule has 0 bridgehead atoms. The largest absolute Gasteiger partial charge is 0.393 e. The summed E-state index contributed by atoms with van der Waals surface area (Å²) in [7, 11) is 0. The molecule has 0 amide bonds. The first-order chi connectivity index (χ1) is 11.2. The van der Waals surface area contributed by atoms with Crippen LogP contribution in [0.5, 0.6) is 0 Å². The van der Waals surface area contributed by atoms with Crippen molar-refractivity contribution in [1.29, 1.82) is 0 Å². The van der Waals surface area contributed by atoms with Gasteiger partial charge in [0.25, 0.3) is 0 Å². The van der Waals surface area contributed by atoms with Crippen molar-refractivity contribution in [3.63, 3.8) is 0 Å². The van der Waals surface area contributed by atoms with E-state index >= 15 is 0 Å². The number of aliphatic hydroxyl groups is 2. The quantitative estimate of drug-likeness (QED) is 0.687. The van der Waals surface area contributed by atoms with Crippen LogP contribution in [0.25, 0.3) is 0 Å². The summed E-state index contributed by atoms with van der Waals surface area (Å²) in [6.07, 6.45) is 9.92. The average Bonchev–Trinajstić information content (AvgIpc) is 2.80. The zero-order valence-electron chi connectivity index (χ0n) is 15.8. The summed E-state index contributed by atoms with van der Waals surface area (Å²) in [5.41, 5.74) is 7.60. The van der Waals surface area contributed by atoms with E-state index in [0.717, 1.165) is 31.6 Å². The summed E-state index contributed by atoms with van der Waals surface area (Å²) in [5.74, 6) is 2.37. The fourth-order valence-electron chi connectivity index (χ4n) is 8.12. The Labute approximate surface area is 147 Å². The highest BCUT2D eigenvalue weighted by Gasteiger charge is 2.66. The molecule has 0 aromatic rings. The number of aliphatic hydroxyl groups excluding tert-OH is 2. The molecule has 0 saturated heterocycles. The van der Waals surface area contributed by atoms with E-state index in [2.05, 4.69) is 13.8 Å². The first kappa shape index (κ1) is 17.3. The van der Waals surface area contributed by atoms with Crippen LogP contribution in [-0.2, 0) is 0 Å². The van der Waals surface area contributed by atoms with Gasteiger partial charge in [-0.25, -0.2) is 0 Å². The predicted molar refractivity (Wildman–Crippen MR) is 96.3 cm³/mol. The van der Waals surface area contributed by atoms with Gasteiger partial charge in [-0.15, -0.1) is 0 Å². The molecule has 138 valence electrons. The van der Waals surface area contributed by atoms with E-state index in [1.54, 1.807) is 0 Å². The maximum atomic E-state index is 10.4. The lowest BCUT2D eigenvalue weighted by atomic mass is 9.42. The lowest BCUT2D eigenvalue weighted by Gasteiger charge is -2.64. The summed E-state index contributed by atoms with van der Waals surface area (Å²) < 4.78 is 0. The van der Waals surface area contributed by atoms with Gasteiger partial charge in [0.1, 0.15) is 0 Å². The molecular formula is C21H37NO2. The van der Waals surface area contributed by atoms with E-state index in [1.165, 1.54) is 32.1 Å². The molecule has 4 saturated carbocycles. The number of hydrogen-bond donors (Lipinski definition) is 3. The molecule has 0 radical (unpaired) electrons. The molecule has 4 N–H and O–H groups in total. The molecule has 24 heavy (non-hydrogen) atoms. The molecule has 0 aromatic heterocycles. The van der Waals surface area contributed by atoms with Crippen molar-refractivity contribution in [2.24, 2.45) is 40.2 Å². The van der Waals surface area contributed by atoms with Gasteiger partial charge in [-0.3, -0.25) is 0 Å². The minimum atomic E-state index is -0.242. The standard InChI is InChI=1S/C21H37NO2/c1-13(23)16-8-11-21(22)18-5-4-14-12-15(24)6-9-19(14,2)17(18)7-10-20(16,21)3/h13-18,23-24H,4-12,22H2,1-3H3/t13?,14-,15-,16+,17-,18+,19-,20+,21-/m0/s1. The zero-order valence-corrected chi connectivity index (χ0v) is 15.8. The molecule has 4 aliphatic rings. The van der Waals surface area contributed by atoms with Crippen LogP contribution in [-0.4, -0.2) is 28.0 Å². The second-order valence-corrected chi connectivity index (χ2v) is 10.3. The molecule has 4 aliphatic carbocycles. The Morgan fingerprint density at radius 2 is 1.71 bits per heavy atom. The minimum absolute atomic E-state index is 0.0774.